The van der Waals surface area contributed by atoms with Gasteiger partial charge in [0.05, 0.1) is 10.5 Å². The highest BCUT2D eigenvalue weighted by atomic mass is 79.9. The molecule has 1 aliphatic rings. The van der Waals surface area contributed by atoms with E-state index in [0.29, 0.717) is 10.9 Å². The van der Waals surface area contributed by atoms with Crippen LogP contribution < -0.4 is 0 Å². The van der Waals surface area contributed by atoms with Gasteiger partial charge in [0.25, 0.3) is 0 Å². The maximum absolute atomic E-state index is 6.11. The second kappa shape index (κ2) is 3.42. The molecular formula is C11H8BrClN2. The molecule has 1 heterocycles. The molecule has 1 fully saturated rings. The predicted octanol–water partition coefficient (Wildman–Crippen LogP) is 3.92. The van der Waals surface area contributed by atoms with Crippen molar-refractivity contribution in [2.75, 3.05) is 0 Å². The Bertz CT molecular complexity index is 537. The van der Waals surface area contributed by atoms with E-state index in [0.717, 1.165) is 21.3 Å². The number of aromatic nitrogens is 2. The third-order valence-corrected chi connectivity index (χ3v) is 3.50. The molecule has 2 aromatic rings. The summed E-state index contributed by atoms with van der Waals surface area (Å²) in [5.74, 6) is 1.46. The molecule has 1 aliphatic carbocycles. The minimum atomic E-state index is 0.543. The van der Waals surface area contributed by atoms with Crippen molar-refractivity contribution in [1.29, 1.82) is 0 Å². The molecule has 2 nitrogen and oxygen atoms in total. The first-order chi connectivity index (χ1) is 7.25. The van der Waals surface area contributed by atoms with Crippen molar-refractivity contribution < 1.29 is 0 Å². The van der Waals surface area contributed by atoms with Crippen LogP contribution in [-0.4, -0.2) is 9.97 Å². The van der Waals surface area contributed by atoms with E-state index >= 15 is 0 Å². The molecule has 0 unspecified atom stereocenters. The van der Waals surface area contributed by atoms with Crippen LogP contribution in [0.25, 0.3) is 10.9 Å². The number of hydrogen-bond donors (Lipinski definition) is 0. The number of para-hydroxylation sites is 1. The number of nitrogens with zero attached hydrogens (tertiary/aromatic N) is 2. The molecule has 0 bridgehead atoms. The normalized spacial score (nSPS) is 15.9. The number of halogens is 2. The molecule has 0 aliphatic heterocycles. The predicted molar refractivity (Wildman–Crippen MR) is 64.2 cm³/mol. The lowest BCUT2D eigenvalue weighted by atomic mass is 10.2. The summed E-state index contributed by atoms with van der Waals surface area (Å²) in [5, 5.41) is 1.67. The van der Waals surface area contributed by atoms with Gasteiger partial charge in [0.1, 0.15) is 10.4 Å². The van der Waals surface area contributed by atoms with Crippen LogP contribution in [0.1, 0.15) is 24.6 Å². The number of rotatable bonds is 1. The van der Waals surface area contributed by atoms with Crippen LogP contribution in [0.5, 0.6) is 0 Å². The Morgan fingerprint density at radius 1 is 1.27 bits per heavy atom. The zero-order chi connectivity index (χ0) is 10.4. The molecule has 3 rings (SSSR count). The van der Waals surface area contributed by atoms with Crippen molar-refractivity contribution in [2.45, 2.75) is 18.8 Å². The molecule has 0 saturated heterocycles. The molecule has 1 aromatic heterocycles. The molecule has 76 valence electrons. The van der Waals surface area contributed by atoms with Crippen molar-refractivity contribution in [3.8, 4) is 0 Å². The van der Waals surface area contributed by atoms with Crippen LogP contribution in [0.3, 0.4) is 0 Å². The fraction of sp³-hybridized carbons (Fsp3) is 0.273. The van der Waals surface area contributed by atoms with E-state index in [2.05, 4.69) is 25.9 Å². The van der Waals surface area contributed by atoms with Gasteiger partial charge in [-0.25, -0.2) is 9.97 Å². The van der Waals surface area contributed by atoms with Crippen LogP contribution in [-0.2, 0) is 0 Å². The zero-order valence-electron chi connectivity index (χ0n) is 7.87. The molecule has 0 amide bonds. The first-order valence-electron chi connectivity index (χ1n) is 4.87. The first kappa shape index (κ1) is 9.55. The van der Waals surface area contributed by atoms with Gasteiger partial charge in [-0.05, 0) is 40.9 Å². The molecule has 4 heteroatoms. The smallest absolute Gasteiger partial charge is 0.133 e. The summed E-state index contributed by atoms with van der Waals surface area (Å²) in [6.45, 7) is 0. The van der Waals surface area contributed by atoms with Crippen LogP contribution in [0.2, 0.25) is 5.02 Å². The van der Waals surface area contributed by atoms with Crippen LogP contribution in [0, 0.1) is 0 Å². The largest absolute Gasteiger partial charge is 0.231 e. The fourth-order valence-electron chi connectivity index (χ4n) is 1.62. The van der Waals surface area contributed by atoms with E-state index < -0.39 is 0 Å². The SMILES string of the molecule is Clc1cccc2c(Br)nc(C3CC3)nc12. The van der Waals surface area contributed by atoms with E-state index in [1.165, 1.54) is 12.8 Å². The van der Waals surface area contributed by atoms with E-state index in [4.69, 9.17) is 11.6 Å². The lowest BCUT2D eigenvalue weighted by molar-refractivity contribution is 0.938. The van der Waals surface area contributed by atoms with Gasteiger partial charge < -0.3 is 0 Å². The molecule has 1 aromatic carbocycles. The van der Waals surface area contributed by atoms with Gasteiger partial charge in [0, 0.05) is 11.3 Å². The molecule has 0 spiro atoms. The first-order valence-corrected chi connectivity index (χ1v) is 6.04. The van der Waals surface area contributed by atoms with Gasteiger partial charge in [-0.2, -0.15) is 0 Å². The van der Waals surface area contributed by atoms with E-state index in [1.54, 1.807) is 0 Å². The van der Waals surface area contributed by atoms with Gasteiger partial charge in [-0.3, -0.25) is 0 Å². The average Bonchev–Trinajstić information content (AvgIpc) is 3.02. The van der Waals surface area contributed by atoms with Crippen molar-refractivity contribution in [1.82, 2.24) is 9.97 Å². The Morgan fingerprint density at radius 2 is 2.07 bits per heavy atom. The summed E-state index contributed by atoms with van der Waals surface area (Å²) in [6.07, 6.45) is 2.39. The van der Waals surface area contributed by atoms with Crippen LogP contribution in [0.4, 0.5) is 0 Å². The van der Waals surface area contributed by atoms with Gasteiger partial charge in [-0.15, -0.1) is 0 Å². The fourth-order valence-corrected chi connectivity index (χ4v) is 2.34. The second-order valence-electron chi connectivity index (χ2n) is 3.78. The summed E-state index contributed by atoms with van der Waals surface area (Å²) in [4.78, 5) is 8.98. The standard InChI is InChI=1S/C11H8BrClN2/c12-10-7-2-1-3-8(13)9(7)14-11(15-10)6-4-5-6/h1-3,6H,4-5H2. The van der Waals surface area contributed by atoms with Crippen molar-refractivity contribution in [2.24, 2.45) is 0 Å². The van der Waals surface area contributed by atoms with Crippen LogP contribution >= 0.6 is 27.5 Å². The second-order valence-corrected chi connectivity index (χ2v) is 4.94. The van der Waals surface area contributed by atoms with Crippen molar-refractivity contribution in [3.63, 3.8) is 0 Å². The van der Waals surface area contributed by atoms with E-state index in [-0.39, 0.29) is 0 Å². The van der Waals surface area contributed by atoms with Gasteiger partial charge in [0.15, 0.2) is 0 Å². The highest BCUT2D eigenvalue weighted by Crippen LogP contribution is 2.39. The topological polar surface area (TPSA) is 25.8 Å². The Balaban J connectivity index is 2.32. The highest BCUT2D eigenvalue weighted by Gasteiger charge is 2.27. The molecule has 1 saturated carbocycles. The lowest BCUT2D eigenvalue weighted by Crippen LogP contribution is -1.94. The lowest BCUT2D eigenvalue weighted by Gasteiger charge is -2.04. The maximum atomic E-state index is 6.11. The third kappa shape index (κ3) is 1.64. The summed E-state index contributed by atoms with van der Waals surface area (Å²) in [5.41, 5.74) is 0.850. The molecule has 0 radical (unpaired) electrons. The number of benzene rings is 1. The van der Waals surface area contributed by atoms with Gasteiger partial charge >= 0.3 is 0 Å². The Morgan fingerprint density at radius 3 is 2.80 bits per heavy atom. The number of fused-ring (bicyclic) bond motifs is 1. The monoisotopic (exact) mass is 282 g/mol. The summed E-state index contributed by atoms with van der Waals surface area (Å²) >= 11 is 9.58. The minimum absolute atomic E-state index is 0.543. The van der Waals surface area contributed by atoms with Crippen molar-refractivity contribution >= 4 is 38.4 Å². The number of hydrogen-bond acceptors (Lipinski definition) is 2. The minimum Gasteiger partial charge on any atom is -0.231 e. The average molecular weight is 284 g/mol. The molecular weight excluding hydrogens is 275 g/mol. The maximum Gasteiger partial charge on any atom is 0.133 e. The highest BCUT2D eigenvalue weighted by molar-refractivity contribution is 9.10. The Hall–Kier alpha value is -0.670. The summed E-state index contributed by atoms with van der Waals surface area (Å²) in [6, 6.07) is 5.75. The molecule has 15 heavy (non-hydrogen) atoms. The molecule has 0 N–H and O–H groups in total. The van der Waals surface area contributed by atoms with Crippen molar-refractivity contribution in [3.05, 3.63) is 33.6 Å². The summed E-state index contributed by atoms with van der Waals surface area (Å²) < 4.78 is 0.844. The van der Waals surface area contributed by atoms with Gasteiger partial charge in [0.2, 0.25) is 0 Å². The third-order valence-electron chi connectivity index (χ3n) is 2.59. The van der Waals surface area contributed by atoms with Gasteiger partial charge in [-0.1, -0.05) is 17.7 Å². The van der Waals surface area contributed by atoms with E-state index in [9.17, 15) is 0 Å². The quantitative estimate of drug-likeness (QED) is 0.741. The molecule has 0 atom stereocenters. The van der Waals surface area contributed by atoms with E-state index in [1.807, 2.05) is 18.2 Å². The van der Waals surface area contributed by atoms with Crippen LogP contribution in [0.15, 0.2) is 22.8 Å². The Kier molecular flexibility index (Phi) is 2.18. The zero-order valence-corrected chi connectivity index (χ0v) is 10.2. The Labute approximate surface area is 101 Å². The summed E-state index contributed by atoms with van der Waals surface area (Å²) in [7, 11) is 0.